The van der Waals surface area contributed by atoms with Gasteiger partial charge in [-0.2, -0.15) is 13.2 Å². The molecule has 5 nitrogen and oxygen atoms in total. The summed E-state index contributed by atoms with van der Waals surface area (Å²) < 4.78 is 67.3. The molecule has 0 radical (unpaired) electrons. The van der Waals surface area contributed by atoms with Crippen LogP contribution in [0.3, 0.4) is 0 Å². The first-order valence-corrected chi connectivity index (χ1v) is 13.9. The highest BCUT2D eigenvalue weighted by Gasteiger charge is 2.61. The molecule has 2 bridgehead atoms. The van der Waals surface area contributed by atoms with Crippen LogP contribution >= 0.6 is 0 Å². The average molecular weight is 512 g/mol. The summed E-state index contributed by atoms with van der Waals surface area (Å²) in [7, 11) is -3.81. The van der Waals surface area contributed by atoms with Crippen LogP contribution in [-0.4, -0.2) is 36.5 Å². The molecule has 2 unspecified atom stereocenters. The van der Waals surface area contributed by atoms with Crippen molar-refractivity contribution in [2.75, 3.05) is 0 Å². The van der Waals surface area contributed by atoms with Crippen LogP contribution in [-0.2, 0) is 27.7 Å². The van der Waals surface area contributed by atoms with Crippen molar-refractivity contribution in [3.63, 3.8) is 0 Å². The van der Waals surface area contributed by atoms with Crippen LogP contribution in [0.25, 0.3) is 0 Å². The van der Waals surface area contributed by atoms with Gasteiger partial charge in [-0.3, -0.25) is 4.79 Å². The first-order valence-electron chi connectivity index (χ1n) is 12.3. The molecule has 2 N–H and O–H groups in total. The van der Waals surface area contributed by atoms with Gasteiger partial charge in [0.2, 0.25) is 10.0 Å². The lowest BCUT2D eigenvalue weighted by Gasteiger charge is -2.35. The molecule has 1 saturated carbocycles. The van der Waals surface area contributed by atoms with Gasteiger partial charge in [0.15, 0.2) is 0 Å². The van der Waals surface area contributed by atoms with Gasteiger partial charge in [-0.05, 0) is 86.0 Å². The minimum absolute atomic E-state index is 0.0358. The van der Waals surface area contributed by atoms with E-state index in [0.29, 0.717) is 25.7 Å². The zero-order valence-corrected chi connectivity index (χ0v) is 20.6. The standard InChI is InChI=1S/C26H32F3NO4S/c1-17-12-21-14-20-13-18(6-4-2-3-5-7-24(31)32)8-9-19(20)15-23(17)25(21)16-22(35(33,34)30-25)10-11-26(27,28)29/h8-9,13,17,21-23,30H,2-3,5,7,10-12,14-16H2,1H3,(H,31,32)/t17-,21+,22?,23?,25-/m0/s1. The quantitative estimate of drug-likeness (QED) is 0.424. The average Bonchev–Trinajstić information content (AvgIpc) is 3.09. The fourth-order valence-electron chi connectivity index (χ4n) is 6.47. The van der Waals surface area contributed by atoms with Gasteiger partial charge in [0.05, 0.1) is 5.25 Å². The normalized spacial score (nSPS) is 31.0. The summed E-state index contributed by atoms with van der Waals surface area (Å²) in [6.45, 7) is 2.12. The number of carboxylic acid groups (broad SMARTS) is 1. The van der Waals surface area contributed by atoms with Gasteiger partial charge in [0.25, 0.3) is 0 Å². The lowest BCUT2D eigenvalue weighted by Crippen LogP contribution is -2.50. The number of alkyl halides is 3. The van der Waals surface area contributed by atoms with E-state index in [4.69, 9.17) is 5.11 Å². The Hall–Kier alpha value is -2.05. The molecule has 1 saturated heterocycles. The molecular weight excluding hydrogens is 479 g/mol. The lowest BCUT2D eigenvalue weighted by molar-refractivity contribution is -0.137. The third-order valence-corrected chi connectivity index (χ3v) is 10.1. The summed E-state index contributed by atoms with van der Waals surface area (Å²) in [5.74, 6) is 5.81. The molecule has 0 amide bonds. The number of sulfonamides is 1. The SMILES string of the molecule is C[C@H]1C[C@@H]2Cc3cc(C#CCCCCC(=O)O)ccc3CC1[C@]21CC(CCC(F)(F)F)S(=O)(=O)N1. The molecule has 0 aromatic heterocycles. The van der Waals surface area contributed by atoms with Crippen LogP contribution in [0.15, 0.2) is 18.2 Å². The number of carboxylic acids is 1. The Bertz CT molecular complexity index is 1140. The largest absolute Gasteiger partial charge is 0.481 e. The number of unbranched alkanes of at least 4 members (excludes halogenated alkanes) is 2. The van der Waals surface area contributed by atoms with Gasteiger partial charge < -0.3 is 5.11 Å². The van der Waals surface area contributed by atoms with Crippen molar-refractivity contribution in [2.45, 2.75) is 88.1 Å². The Labute approximate surface area is 204 Å². The second-order valence-electron chi connectivity index (χ2n) is 10.5. The molecule has 9 heteroatoms. The Morgan fingerprint density at radius 2 is 2.00 bits per heavy atom. The second-order valence-corrected chi connectivity index (χ2v) is 12.4. The topological polar surface area (TPSA) is 83.5 Å². The summed E-state index contributed by atoms with van der Waals surface area (Å²) >= 11 is 0. The molecule has 3 aliphatic rings. The maximum Gasteiger partial charge on any atom is 0.389 e. The van der Waals surface area contributed by atoms with Gasteiger partial charge >= 0.3 is 12.1 Å². The maximum absolute atomic E-state index is 12.9. The molecule has 1 aliphatic heterocycles. The Kier molecular flexibility index (Phi) is 7.27. The lowest BCUT2D eigenvalue weighted by atomic mass is 9.75. The van der Waals surface area contributed by atoms with Crippen molar-refractivity contribution >= 4 is 16.0 Å². The minimum atomic E-state index is -4.37. The smallest absolute Gasteiger partial charge is 0.389 e. The summed E-state index contributed by atoms with van der Waals surface area (Å²) in [4.78, 5) is 10.6. The van der Waals surface area contributed by atoms with Crippen LogP contribution in [0.5, 0.6) is 0 Å². The molecule has 5 atom stereocenters. The number of benzene rings is 1. The number of nitrogens with one attached hydrogen (secondary N) is 1. The number of fused-ring (bicyclic) bond motifs is 1. The molecule has 35 heavy (non-hydrogen) atoms. The minimum Gasteiger partial charge on any atom is -0.481 e. The first kappa shape index (κ1) is 26.0. The van der Waals surface area contributed by atoms with Crippen molar-refractivity contribution in [3.8, 4) is 11.8 Å². The van der Waals surface area contributed by atoms with Crippen LogP contribution < -0.4 is 4.72 Å². The highest BCUT2D eigenvalue weighted by atomic mass is 32.2. The van der Waals surface area contributed by atoms with Crippen molar-refractivity contribution in [1.82, 2.24) is 4.72 Å². The first-order chi connectivity index (χ1) is 16.4. The molecule has 2 fully saturated rings. The van der Waals surface area contributed by atoms with Gasteiger partial charge in [0.1, 0.15) is 0 Å². The number of hydrogen-bond donors (Lipinski definition) is 2. The third kappa shape index (κ3) is 5.69. The number of halogens is 3. The van der Waals surface area contributed by atoms with Gasteiger partial charge in [0, 0.05) is 30.4 Å². The van der Waals surface area contributed by atoms with E-state index >= 15 is 0 Å². The summed E-state index contributed by atoms with van der Waals surface area (Å²) in [6, 6.07) is 6.07. The molecule has 1 aromatic carbocycles. The van der Waals surface area contributed by atoms with E-state index < -0.39 is 45.8 Å². The number of hydrogen-bond acceptors (Lipinski definition) is 3. The van der Waals surface area contributed by atoms with E-state index in [1.807, 2.05) is 6.07 Å². The van der Waals surface area contributed by atoms with Gasteiger partial charge in [-0.15, -0.1) is 0 Å². The fourth-order valence-corrected chi connectivity index (χ4v) is 8.49. The van der Waals surface area contributed by atoms with Crippen molar-refractivity contribution < 1.29 is 31.5 Å². The number of aliphatic carboxylic acids is 1. The molecule has 2 aliphatic carbocycles. The predicted octanol–water partition coefficient (Wildman–Crippen LogP) is 4.83. The molecule has 1 heterocycles. The second kappa shape index (κ2) is 9.78. The molecule has 1 aromatic rings. The van der Waals surface area contributed by atoms with Crippen LogP contribution in [0.4, 0.5) is 13.2 Å². The molecule has 192 valence electrons. The van der Waals surface area contributed by atoms with E-state index in [1.165, 1.54) is 0 Å². The van der Waals surface area contributed by atoms with Crippen LogP contribution in [0.2, 0.25) is 0 Å². The summed E-state index contributed by atoms with van der Waals surface area (Å²) in [5.41, 5.74) is 2.48. The van der Waals surface area contributed by atoms with Crippen molar-refractivity contribution in [1.29, 1.82) is 0 Å². The molecule has 4 rings (SSSR count). The Morgan fingerprint density at radius 3 is 2.71 bits per heavy atom. The Balaban J connectivity index is 1.51. The van der Waals surface area contributed by atoms with E-state index in [9.17, 15) is 26.4 Å². The zero-order valence-electron chi connectivity index (χ0n) is 19.8. The zero-order chi connectivity index (χ0) is 25.4. The number of rotatable bonds is 6. The summed E-state index contributed by atoms with van der Waals surface area (Å²) in [5, 5.41) is 7.69. The third-order valence-electron chi connectivity index (χ3n) is 8.11. The molecule has 1 spiro atoms. The van der Waals surface area contributed by atoms with Gasteiger partial charge in [-0.1, -0.05) is 24.8 Å². The molecular formula is C26H32F3NO4S. The van der Waals surface area contributed by atoms with Crippen molar-refractivity contribution in [2.24, 2.45) is 17.8 Å². The van der Waals surface area contributed by atoms with Gasteiger partial charge in [-0.25, -0.2) is 13.1 Å². The van der Waals surface area contributed by atoms with E-state index in [0.717, 1.165) is 29.5 Å². The monoisotopic (exact) mass is 511 g/mol. The van der Waals surface area contributed by atoms with E-state index in [2.05, 4.69) is 35.6 Å². The highest BCUT2D eigenvalue weighted by molar-refractivity contribution is 7.90. The van der Waals surface area contributed by atoms with Crippen molar-refractivity contribution in [3.05, 3.63) is 34.9 Å². The van der Waals surface area contributed by atoms with Crippen LogP contribution in [0, 0.1) is 29.6 Å². The van der Waals surface area contributed by atoms with Crippen LogP contribution in [0.1, 0.15) is 75.0 Å². The number of carbonyl (C=O) groups is 1. The van der Waals surface area contributed by atoms with E-state index in [1.54, 1.807) is 0 Å². The Morgan fingerprint density at radius 1 is 1.23 bits per heavy atom. The predicted molar refractivity (Wildman–Crippen MR) is 126 cm³/mol. The van der Waals surface area contributed by atoms with E-state index in [-0.39, 0.29) is 30.6 Å². The summed E-state index contributed by atoms with van der Waals surface area (Å²) in [6.07, 6.45) is -1.30. The highest BCUT2D eigenvalue weighted by Crippen LogP contribution is 2.55. The fraction of sp³-hybridized carbons (Fsp3) is 0.654. The maximum atomic E-state index is 12.9.